The zero-order chi connectivity index (χ0) is 24.4. The number of amides is 1. The Morgan fingerprint density at radius 3 is 2.63 bits per heavy atom. The molecule has 13 heteroatoms. The molecule has 180 valence electrons. The summed E-state index contributed by atoms with van der Waals surface area (Å²) in [5, 5.41) is 8.77. The van der Waals surface area contributed by atoms with Gasteiger partial charge in [0.05, 0.1) is 25.3 Å². The highest BCUT2D eigenvalue weighted by Crippen LogP contribution is 2.28. The Morgan fingerprint density at radius 2 is 1.94 bits per heavy atom. The third kappa shape index (κ3) is 4.46. The zero-order valence-corrected chi connectivity index (χ0v) is 19.3. The predicted molar refractivity (Wildman–Crippen MR) is 126 cm³/mol. The number of nitrogens with one attached hydrogen (secondary N) is 1. The van der Waals surface area contributed by atoms with Crippen molar-refractivity contribution in [3.63, 3.8) is 0 Å². The van der Waals surface area contributed by atoms with E-state index in [9.17, 15) is 4.79 Å². The highest BCUT2D eigenvalue weighted by molar-refractivity contribution is 5.92. The van der Waals surface area contributed by atoms with Crippen molar-refractivity contribution in [2.45, 2.75) is 6.54 Å². The molecule has 1 saturated heterocycles. The maximum atomic E-state index is 11.5. The first-order valence-corrected chi connectivity index (χ1v) is 11.0. The van der Waals surface area contributed by atoms with Gasteiger partial charge in [-0.05, 0) is 12.1 Å². The number of aromatic nitrogens is 7. The lowest BCUT2D eigenvalue weighted by Crippen LogP contribution is -2.37. The third-order valence-corrected chi connectivity index (χ3v) is 5.75. The number of rotatable bonds is 6. The van der Waals surface area contributed by atoms with Crippen LogP contribution >= 0.6 is 0 Å². The van der Waals surface area contributed by atoms with Gasteiger partial charge < -0.3 is 19.1 Å². The van der Waals surface area contributed by atoms with Gasteiger partial charge in [-0.2, -0.15) is 0 Å². The van der Waals surface area contributed by atoms with E-state index in [4.69, 9.17) is 24.9 Å². The van der Waals surface area contributed by atoms with Crippen molar-refractivity contribution in [3.8, 4) is 11.4 Å². The molecule has 5 rings (SSSR count). The van der Waals surface area contributed by atoms with E-state index < -0.39 is 5.91 Å². The summed E-state index contributed by atoms with van der Waals surface area (Å²) in [7, 11) is 3.74. The summed E-state index contributed by atoms with van der Waals surface area (Å²) >= 11 is 0. The molecule has 0 bridgehead atoms. The van der Waals surface area contributed by atoms with Crippen LogP contribution in [0.2, 0.25) is 0 Å². The van der Waals surface area contributed by atoms with Gasteiger partial charge in [0.15, 0.2) is 22.8 Å². The van der Waals surface area contributed by atoms with E-state index in [0.717, 1.165) is 17.2 Å². The molecule has 0 radical (unpaired) electrons. The van der Waals surface area contributed by atoms with Gasteiger partial charge in [0.25, 0.3) is 5.91 Å². The van der Waals surface area contributed by atoms with E-state index in [1.165, 1.54) is 12.4 Å². The van der Waals surface area contributed by atoms with Crippen molar-refractivity contribution >= 4 is 28.8 Å². The summed E-state index contributed by atoms with van der Waals surface area (Å²) < 4.78 is 7.46. The maximum Gasteiger partial charge on any atom is 0.277 e. The summed E-state index contributed by atoms with van der Waals surface area (Å²) in [5.74, 6) is 1.82. The van der Waals surface area contributed by atoms with Gasteiger partial charge in [-0.25, -0.2) is 30.4 Å². The largest absolute Gasteiger partial charge is 0.378 e. The molecule has 5 heterocycles. The van der Waals surface area contributed by atoms with Gasteiger partial charge in [-0.3, -0.25) is 15.0 Å². The molecule has 0 atom stereocenters. The zero-order valence-electron chi connectivity index (χ0n) is 19.3. The standard InChI is InChI=1S/C22H24N10O3/c1-30(22-24-11-15(12-25-22)21(33)29-34)13-16-26-17-19(31(16)2)27-18(14-4-3-5-23-10-14)28-20(17)32-6-8-35-9-7-32/h3-5,10-12,34H,6-9,13H2,1-2H3,(H,29,33). The summed E-state index contributed by atoms with van der Waals surface area (Å²) in [4.78, 5) is 42.7. The molecule has 1 aliphatic heterocycles. The molecule has 4 aromatic heterocycles. The van der Waals surface area contributed by atoms with Crippen molar-refractivity contribution in [1.82, 2.24) is 40.0 Å². The molecule has 0 aliphatic carbocycles. The Bertz CT molecular complexity index is 1340. The van der Waals surface area contributed by atoms with Gasteiger partial charge in [-0.1, -0.05) is 0 Å². The van der Waals surface area contributed by atoms with Crippen LogP contribution in [0.25, 0.3) is 22.6 Å². The number of morpholine rings is 1. The molecule has 4 aromatic rings. The van der Waals surface area contributed by atoms with E-state index in [-0.39, 0.29) is 5.56 Å². The Balaban J connectivity index is 1.52. The fourth-order valence-corrected chi connectivity index (χ4v) is 3.84. The number of carbonyl (C=O) groups excluding carboxylic acids is 1. The van der Waals surface area contributed by atoms with Crippen molar-refractivity contribution in [1.29, 1.82) is 0 Å². The maximum absolute atomic E-state index is 11.5. The highest BCUT2D eigenvalue weighted by atomic mass is 16.5. The van der Waals surface area contributed by atoms with E-state index in [2.05, 4.69) is 19.9 Å². The first-order valence-electron chi connectivity index (χ1n) is 11.0. The topological polar surface area (TPSA) is 147 Å². The molecule has 13 nitrogen and oxygen atoms in total. The Labute approximate surface area is 200 Å². The van der Waals surface area contributed by atoms with Crippen molar-refractivity contribution in [3.05, 3.63) is 48.3 Å². The molecule has 2 N–H and O–H groups in total. The quantitative estimate of drug-likeness (QED) is 0.301. The molecule has 1 fully saturated rings. The number of hydrogen-bond acceptors (Lipinski definition) is 11. The first-order chi connectivity index (χ1) is 17.0. The van der Waals surface area contributed by atoms with Crippen LogP contribution in [0.4, 0.5) is 11.8 Å². The number of hydrogen-bond donors (Lipinski definition) is 2. The summed E-state index contributed by atoms with van der Waals surface area (Å²) in [6, 6.07) is 3.79. The minimum absolute atomic E-state index is 0.153. The normalized spacial score (nSPS) is 13.7. The van der Waals surface area contributed by atoms with Gasteiger partial charge in [0.1, 0.15) is 5.82 Å². The fraction of sp³-hybridized carbons (Fsp3) is 0.318. The number of fused-ring (bicyclic) bond motifs is 1. The lowest BCUT2D eigenvalue weighted by atomic mass is 10.2. The van der Waals surface area contributed by atoms with Crippen molar-refractivity contribution < 1.29 is 14.7 Å². The molecule has 0 aromatic carbocycles. The smallest absolute Gasteiger partial charge is 0.277 e. The monoisotopic (exact) mass is 476 g/mol. The molecular weight excluding hydrogens is 452 g/mol. The average molecular weight is 477 g/mol. The molecule has 1 amide bonds. The molecule has 1 aliphatic rings. The van der Waals surface area contributed by atoms with Crippen molar-refractivity contribution in [2.75, 3.05) is 43.2 Å². The predicted octanol–water partition coefficient (Wildman–Crippen LogP) is 0.807. The highest BCUT2D eigenvalue weighted by Gasteiger charge is 2.23. The number of aryl methyl sites for hydroxylation is 1. The molecular formula is C22H24N10O3. The minimum Gasteiger partial charge on any atom is -0.378 e. The summed E-state index contributed by atoms with van der Waals surface area (Å²) in [6.07, 6.45) is 6.16. The average Bonchev–Trinajstić information content (AvgIpc) is 3.23. The van der Waals surface area contributed by atoms with Crippen LogP contribution in [0.5, 0.6) is 0 Å². The van der Waals surface area contributed by atoms with Crippen LogP contribution in [-0.4, -0.2) is 78.9 Å². The van der Waals surface area contributed by atoms with Gasteiger partial charge in [0, 0.05) is 57.5 Å². The van der Waals surface area contributed by atoms with Crippen LogP contribution in [-0.2, 0) is 18.3 Å². The number of anilines is 2. The summed E-state index contributed by atoms with van der Waals surface area (Å²) in [5.41, 5.74) is 3.96. The second-order valence-corrected chi connectivity index (χ2v) is 8.04. The third-order valence-electron chi connectivity index (χ3n) is 5.75. The first kappa shape index (κ1) is 22.6. The Morgan fingerprint density at radius 1 is 1.17 bits per heavy atom. The van der Waals surface area contributed by atoms with Crippen LogP contribution < -0.4 is 15.3 Å². The van der Waals surface area contributed by atoms with Gasteiger partial charge >= 0.3 is 0 Å². The Hall–Kier alpha value is -4.23. The van der Waals surface area contributed by atoms with E-state index >= 15 is 0 Å². The second-order valence-electron chi connectivity index (χ2n) is 8.04. The van der Waals surface area contributed by atoms with E-state index in [1.54, 1.807) is 17.9 Å². The van der Waals surface area contributed by atoms with Crippen molar-refractivity contribution in [2.24, 2.45) is 7.05 Å². The molecule has 0 unspecified atom stereocenters. The Kier molecular flexibility index (Phi) is 6.16. The lowest BCUT2D eigenvalue weighted by molar-refractivity contribution is 0.0705. The number of ether oxygens (including phenoxy) is 1. The van der Waals surface area contributed by atoms with E-state index in [1.807, 2.05) is 35.7 Å². The second kappa shape index (κ2) is 9.56. The van der Waals surface area contributed by atoms with Crippen LogP contribution in [0.3, 0.4) is 0 Å². The van der Waals surface area contributed by atoms with Crippen LogP contribution in [0, 0.1) is 0 Å². The SMILES string of the molecule is CN(Cc1nc2c(N3CCOCC3)nc(-c3cccnc3)nc2n1C)c1ncc(C(=O)NO)cn1. The number of pyridine rings is 1. The lowest BCUT2D eigenvalue weighted by Gasteiger charge is -2.28. The van der Waals surface area contributed by atoms with Crippen LogP contribution in [0.15, 0.2) is 36.9 Å². The summed E-state index contributed by atoms with van der Waals surface area (Å²) in [6.45, 7) is 3.07. The molecule has 0 saturated carbocycles. The van der Waals surface area contributed by atoms with Gasteiger partial charge in [0.2, 0.25) is 5.95 Å². The fourth-order valence-electron chi connectivity index (χ4n) is 3.84. The minimum atomic E-state index is -0.673. The molecule has 35 heavy (non-hydrogen) atoms. The number of carbonyl (C=O) groups is 1. The molecule has 0 spiro atoms. The number of hydroxylamine groups is 1. The van der Waals surface area contributed by atoms with Crippen LogP contribution in [0.1, 0.15) is 16.2 Å². The number of nitrogens with zero attached hydrogens (tertiary/aromatic N) is 9. The number of imidazole rings is 1. The van der Waals surface area contributed by atoms with Gasteiger partial charge in [-0.15, -0.1) is 0 Å². The van der Waals surface area contributed by atoms with E-state index in [0.29, 0.717) is 55.8 Å².